The lowest BCUT2D eigenvalue weighted by atomic mass is 10.6. The van der Waals surface area contributed by atoms with E-state index in [1.807, 2.05) is 0 Å². The molecule has 0 aromatic heterocycles. The smallest absolute Gasteiger partial charge is 0.214 e. The molecule has 0 amide bonds. The Hall–Kier alpha value is -1.05. The maximum atomic E-state index is 8.53. The molecule has 0 aliphatic carbocycles. The Morgan fingerprint density at radius 1 is 0.467 bits per heavy atom. The predicted octanol–water partition coefficient (Wildman–Crippen LogP) is -0.338. The number of nitrogens with zero attached hydrogens (tertiary/aromatic N) is 2. The molecule has 178 valence electrons. The first-order valence-corrected chi connectivity index (χ1v) is 10.2. The fourth-order valence-corrected chi connectivity index (χ4v) is 1.86. The van der Waals surface area contributed by atoms with Gasteiger partial charge in [0.1, 0.15) is 17.2 Å². The molecular weight excluding hydrogens is 402 g/mol. The molecule has 0 saturated carbocycles. The second-order valence-corrected chi connectivity index (χ2v) is 5.59. The molecule has 0 atom stereocenters. The highest BCUT2D eigenvalue weighted by Crippen LogP contribution is 1.85. The minimum Gasteiger partial charge on any atom is -0.394 e. The summed E-state index contributed by atoms with van der Waals surface area (Å²) in [5.41, 5.74) is 6.48. The molecule has 12 nitrogen and oxygen atoms in total. The Morgan fingerprint density at radius 3 is 1.00 bits per heavy atom. The Labute approximate surface area is 178 Å². The van der Waals surface area contributed by atoms with Gasteiger partial charge in [0.2, 0.25) is 4.91 Å². The second kappa shape index (κ2) is 27.9. The molecular formula is C18H38N3O9+. The van der Waals surface area contributed by atoms with Gasteiger partial charge in [-0.3, -0.25) is 0 Å². The number of hydrogen-bond acceptors (Lipinski definition) is 11. The topological polar surface area (TPSA) is 144 Å². The largest absolute Gasteiger partial charge is 0.394 e. The molecule has 0 unspecified atom stereocenters. The number of nitrogens with one attached hydrogen (secondary N) is 1. The van der Waals surface area contributed by atoms with Gasteiger partial charge < -0.3 is 43.0 Å². The van der Waals surface area contributed by atoms with Crippen LogP contribution in [-0.2, 0) is 37.9 Å². The Morgan fingerprint density at radius 2 is 0.733 bits per heavy atom. The van der Waals surface area contributed by atoms with Gasteiger partial charge in [0.15, 0.2) is 0 Å². The van der Waals surface area contributed by atoms with Crippen LogP contribution in [0.5, 0.6) is 0 Å². The van der Waals surface area contributed by atoms with E-state index in [-0.39, 0.29) is 6.61 Å². The maximum absolute atomic E-state index is 8.53. The number of hydrogen-bond donors (Lipinski definition) is 2. The van der Waals surface area contributed by atoms with Crippen LogP contribution in [-0.4, -0.2) is 124 Å². The van der Waals surface area contributed by atoms with Gasteiger partial charge >= 0.3 is 0 Å². The lowest BCUT2D eigenvalue weighted by Crippen LogP contribution is -2.15. The quantitative estimate of drug-likeness (QED) is 0.105. The zero-order chi connectivity index (χ0) is 21.8. The van der Waals surface area contributed by atoms with E-state index in [0.717, 1.165) is 0 Å². The van der Waals surface area contributed by atoms with E-state index in [2.05, 4.69) is 10.0 Å². The van der Waals surface area contributed by atoms with Crippen LogP contribution >= 0.6 is 0 Å². The highest BCUT2D eigenvalue weighted by Gasteiger charge is 1.95. The molecule has 30 heavy (non-hydrogen) atoms. The summed E-state index contributed by atoms with van der Waals surface area (Å²) in [6.45, 7) is 8.20. The zero-order valence-corrected chi connectivity index (χ0v) is 17.8. The van der Waals surface area contributed by atoms with Gasteiger partial charge in [-0.05, 0) is 0 Å². The number of ether oxygens (including phenoxy) is 8. The third-order valence-corrected chi connectivity index (χ3v) is 3.25. The molecule has 0 radical (unpaired) electrons. The average molecular weight is 441 g/mol. The van der Waals surface area contributed by atoms with E-state index in [1.54, 1.807) is 0 Å². The summed E-state index contributed by atoms with van der Waals surface area (Å²) < 4.78 is 42.4. The summed E-state index contributed by atoms with van der Waals surface area (Å²) >= 11 is 0. The molecule has 12 heteroatoms. The van der Waals surface area contributed by atoms with Crippen molar-refractivity contribution in [2.75, 3.05) is 119 Å². The fourth-order valence-electron chi connectivity index (χ4n) is 1.86. The van der Waals surface area contributed by atoms with Crippen LogP contribution in [0.2, 0.25) is 0 Å². The minimum absolute atomic E-state index is 0.0274. The Kier molecular flexibility index (Phi) is 27.0. The van der Waals surface area contributed by atoms with Crippen LogP contribution in [0, 0.1) is 5.53 Å². The molecule has 0 aliphatic rings. The standard InChI is InChI=1S/C18H38N3O9/c19-21-20-1-3-23-5-7-25-9-11-27-13-15-29-17-18-30-16-14-28-12-10-26-8-6-24-4-2-22/h19,22H,1-18H2/q+1. The van der Waals surface area contributed by atoms with Gasteiger partial charge in [0.05, 0.1) is 112 Å². The first-order valence-electron chi connectivity index (χ1n) is 10.2. The first-order chi connectivity index (χ1) is 14.9. The van der Waals surface area contributed by atoms with Crippen LogP contribution in [0.3, 0.4) is 0 Å². The molecule has 0 heterocycles. The van der Waals surface area contributed by atoms with Gasteiger partial charge in [0.25, 0.3) is 0 Å². The Bertz CT molecular complexity index is 375. The van der Waals surface area contributed by atoms with Crippen molar-refractivity contribution in [3.8, 4) is 0 Å². The van der Waals surface area contributed by atoms with Crippen molar-refractivity contribution in [3.05, 3.63) is 0 Å². The molecule has 0 fully saturated rings. The molecule has 0 aliphatic heterocycles. The van der Waals surface area contributed by atoms with E-state index < -0.39 is 0 Å². The molecule has 0 bridgehead atoms. The van der Waals surface area contributed by atoms with Crippen LogP contribution in [0.25, 0.3) is 0 Å². The summed E-state index contributed by atoms with van der Waals surface area (Å²) in [5, 5.41) is 12.0. The van der Waals surface area contributed by atoms with Crippen molar-refractivity contribution in [1.82, 2.24) is 4.91 Å². The number of rotatable bonds is 26. The molecule has 0 spiro atoms. The van der Waals surface area contributed by atoms with Crippen LogP contribution in [0.4, 0.5) is 0 Å². The number of aliphatic hydroxyl groups excluding tert-OH is 1. The Balaban J connectivity index is 2.99. The molecule has 0 rings (SSSR count). The predicted molar refractivity (Wildman–Crippen MR) is 106 cm³/mol. The van der Waals surface area contributed by atoms with Gasteiger partial charge in [-0.2, -0.15) is 0 Å². The normalized spacial score (nSPS) is 11.0. The van der Waals surface area contributed by atoms with Crippen LogP contribution < -0.4 is 4.91 Å². The zero-order valence-electron chi connectivity index (χ0n) is 17.8. The van der Waals surface area contributed by atoms with Crippen LogP contribution in [0.15, 0.2) is 5.11 Å². The van der Waals surface area contributed by atoms with Gasteiger partial charge in [0, 0.05) is 0 Å². The van der Waals surface area contributed by atoms with Crippen molar-refractivity contribution in [1.29, 1.82) is 5.53 Å². The van der Waals surface area contributed by atoms with E-state index in [1.165, 1.54) is 0 Å². The summed E-state index contributed by atoms with van der Waals surface area (Å²) in [5.74, 6) is 0. The van der Waals surface area contributed by atoms with Gasteiger partial charge in [-0.15, -0.1) is 0 Å². The van der Waals surface area contributed by atoms with E-state index in [0.29, 0.717) is 112 Å². The SMILES string of the molecule is N=[N+]=NCCOCCOCCOCCOCCOCCOCCOCCOCCO. The van der Waals surface area contributed by atoms with Crippen molar-refractivity contribution in [2.24, 2.45) is 5.11 Å². The van der Waals surface area contributed by atoms with Crippen molar-refractivity contribution >= 4 is 0 Å². The van der Waals surface area contributed by atoms with Crippen LogP contribution in [0.1, 0.15) is 0 Å². The monoisotopic (exact) mass is 440 g/mol. The fraction of sp³-hybridized carbons (Fsp3) is 1.00. The molecule has 0 aromatic carbocycles. The van der Waals surface area contributed by atoms with Crippen molar-refractivity contribution in [2.45, 2.75) is 0 Å². The van der Waals surface area contributed by atoms with E-state index in [4.69, 9.17) is 48.5 Å². The van der Waals surface area contributed by atoms with Gasteiger partial charge in [-0.1, -0.05) is 0 Å². The second-order valence-electron chi connectivity index (χ2n) is 5.59. The lowest BCUT2D eigenvalue weighted by Gasteiger charge is -2.08. The number of aliphatic hydroxyl groups is 1. The maximum Gasteiger partial charge on any atom is 0.214 e. The van der Waals surface area contributed by atoms with E-state index in [9.17, 15) is 0 Å². The van der Waals surface area contributed by atoms with Crippen molar-refractivity contribution in [3.63, 3.8) is 0 Å². The third kappa shape index (κ3) is 27.0. The van der Waals surface area contributed by atoms with Gasteiger partial charge in [-0.25, -0.2) is 0 Å². The summed E-state index contributed by atoms with van der Waals surface area (Å²) in [7, 11) is 0. The highest BCUT2D eigenvalue weighted by molar-refractivity contribution is 4.38. The average Bonchev–Trinajstić information content (AvgIpc) is 2.76. The van der Waals surface area contributed by atoms with E-state index >= 15 is 0 Å². The van der Waals surface area contributed by atoms with Crippen molar-refractivity contribution < 1.29 is 43.0 Å². The molecule has 0 aromatic rings. The first kappa shape index (κ1) is 28.9. The summed E-state index contributed by atoms with van der Waals surface area (Å²) in [6, 6.07) is 0. The molecule has 2 N–H and O–H groups in total. The molecule has 0 saturated heterocycles. The highest BCUT2D eigenvalue weighted by atomic mass is 16.6. The minimum atomic E-state index is 0.0274. The third-order valence-electron chi connectivity index (χ3n) is 3.25. The lowest BCUT2D eigenvalue weighted by molar-refractivity contribution is -0.0236. The summed E-state index contributed by atoms with van der Waals surface area (Å²) in [4.78, 5) is 2.88. The summed E-state index contributed by atoms with van der Waals surface area (Å²) in [6.07, 6.45) is 0.